The van der Waals surface area contributed by atoms with Gasteiger partial charge < -0.3 is 4.98 Å². The van der Waals surface area contributed by atoms with Crippen molar-refractivity contribution in [2.75, 3.05) is 0 Å². The molecule has 4 nitrogen and oxygen atoms in total. The van der Waals surface area contributed by atoms with Crippen LogP contribution in [0.4, 0.5) is 0 Å². The third-order valence-corrected chi connectivity index (χ3v) is 5.33. The summed E-state index contributed by atoms with van der Waals surface area (Å²) in [5.74, 6) is 0.759. The lowest BCUT2D eigenvalue weighted by atomic mass is 9.94. The van der Waals surface area contributed by atoms with Crippen LogP contribution in [0.15, 0.2) is 91.6 Å². The summed E-state index contributed by atoms with van der Waals surface area (Å²) in [5.41, 5.74) is 2.15. The molecule has 0 fully saturated rings. The van der Waals surface area contributed by atoms with Crippen molar-refractivity contribution in [3.63, 3.8) is 0 Å². The summed E-state index contributed by atoms with van der Waals surface area (Å²) < 4.78 is 1.88. The first-order valence-electron chi connectivity index (χ1n) is 9.25. The van der Waals surface area contributed by atoms with Crippen LogP contribution in [0.5, 0.6) is 0 Å². The number of imidazole rings is 2. The molecule has 1 N–H and O–H groups in total. The van der Waals surface area contributed by atoms with Gasteiger partial charge in [-0.15, -0.1) is 0 Å². The van der Waals surface area contributed by atoms with Crippen molar-refractivity contribution < 1.29 is 0 Å². The Bertz CT molecular complexity index is 1460. The average molecular weight is 360 g/mol. The first-order valence-corrected chi connectivity index (χ1v) is 9.25. The summed E-state index contributed by atoms with van der Waals surface area (Å²) in [5, 5.41) is 7.47. The predicted octanol–water partition coefficient (Wildman–Crippen LogP) is 5.72. The first kappa shape index (κ1) is 15.2. The Hall–Kier alpha value is -3.92. The van der Waals surface area contributed by atoms with Crippen LogP contribution in [0.25, 0.3) is 49.5 Å². The Kier molecular flexibility index (Phi) is 3.14. The van der Waals surface area contributed by atoms with Crippen LogP contribution in [0.1, 0.15) is 0 Å². The molecule has 6 aromatic rings. The summed E-state index contributed by atoms with van der Waals surface area (Å²) in [6.45, 7) is 0. The fourth-order valence-electron chi connectivity index (χ4n) is 3.99. The highest BCUT2D eigenvalue weighted by Gasteiger charge is 2.11. The van der Waals surface area contributed by atoms with Gasteiger partial charge in [0.15, 0.2) is 0 Å². The van der Waals surface area contributed by atoms with Gasteiger partial charge in [-0.25, -0.2) is 9.97 Å². The molecule has 4 aromatic carbocycles. The molecular formula is C24H16N4. The Morgan fingerprint density at radius 3 is 2.46 bits per heavy atom. The number of hydrogen-bond acceptors (Lipinski definition) is 2. The van der Waals surface area contributed by atoms with Gasteiger partial charge in [0.1, 0.15) is 6.33 Å². The normalized spacial score (nSPS) is 11.6. The molecule has 0 amide bonds. The highest BCUT2D eigenvalue weighted by atomic mass is 15.2. The molecular weight excluding hydrogens is 344 g/mol. The van der Waals surface area contributed by atoms with E-state index in [9.17, 15) is 0 Å². The zero-order chi connectivity index (χ0) is 18.5. The highest BCUT2D eigenvalue weighted by Crippen LogP contribution is 2.35. The molecule has 0 saturated carbocycles. The van der Waals surface area contributed by atoms with E-state index in [-0.39, 0.29) is 0 Å². The van der Waals surface area contributed by atoms with Crippen LogP contribution in [-0.4, -0.2) is 19.5 Å². The molecule has 0 saturated heterocycles. The minimum atomic E-state index is 0.759. The van der Waals surface area contributed by atoms with Gasteiger partial charge in [-0.3, -0.25) is 4.57 Å². The Balaban J connectivity index is 1.66. The standard InChI is InChI=1S/C24H16N4/c1-2-5-18-13-21-19(12-17(18)4-1)9-8-16-6-3-7-20(23(16)21)22-14-26-24(27-22)28-11-10-25-15-28/h1-15H,(H,26,27). The van der Waals surface area contributed by atoms with Crippen molar-refractivity contribution in [1.29, 1.82) is 0 Å². The Labute approximate surface area is 161 Å². The molecule has 0 aliphatic heterocycles. The number of nitrogens with one attached hydrogen (secondary N) is 1. The molecule has 0 aliphatic rings. The lowest BCUT2D eigenvalue weighted by molar-refractivity contribution is 0.961. The second-order valence-electron chi connectivity index (χ2n) is 6.98. The zero-order valence-electron chi connectivity index (χ0n) is 15.0. The van der Waals surface area contributed by atoms with E-state index in [4.69, 9.17) is 0 Å². The van der Waals surface area contributed by atoms with Gasteiger partial charge in [0, 0.05) is 18.0 Å². The quantitative estimate of drug-likeness (QED) is 0.317. The SMILES string of the molecule is c1ccc2cc3c(ccc4cccc(-c5cnc(-n6ccnc6)[nH]5)c43)cc2c1. The molecule has 132 valence electrons. The number of H-pyrrole nitrogens is 1. The highest BCUT2D eigenvalue weighted by molar-refractivity contribution is 6.16. The molecule has 2 aromatic heterocycles. The van der Waals surface area contributed by atoms with E-state index >= 15 is 0 Å². The fraction of sp³-hybridized carbons (Fsp3) is 0. The first-order chi connectivity index (χ1) is 13.9. The van der Waals surface area contributed by atoms with Crippen LogP contribution in [0.3, 0.4) is 0 Å². The van der Waals surface area contributed by atoms with E-state index in [0.29, 0.717) is 0 Å². The molecule has 0 atom stereocenters. The van der Waals surface area contributed by atoms with E-state index in [1.807, 2.05) is 17.0 Å². The zero-order valence-corrected chi connectivity index (χ0v) is 15.0. The van der Waals surface area contributed by atoms with Crippen molar-refractivity contribution >= 4 is 32.3 Å². The number of benzene rings is 4. The molecule has 0 spiro atoms. The minimum Gasteiger partial charge on any atom is -0.323 e. The summed E-state index contributed by atoms with van der Waals surface area (Å²) in [6, 6.07) is 23.9. The summed E-state index contributed by atoms with van der Waals surface area (Å²) in [7, 11) is 0. The molecule has 2 heterocycles. The van der Waals surface area contributed by atoms with Crippen LogP contribution >= 0.6 is 0 Å². The van der Waals surface area contributed by atoms with Gasteiger partial charge >= 0.3 is 0 Å². The lowest BCUT2D eigenvalue weighted by Gasteiger charge is -2.10. The van der Waals surface area contributed by atoms with Crippen molar-refractivity contribution in [3.05, 3.63) is 91.6 Å². The second kappa shape index (κ2) is 5.79. The molecule has 0 radical (unpaired) electrons. The van der Waals surface area contributed by atoms with E-state index in [2.05, 4.69) is 81.7 Å². The number of aromatic amines is 1. The topological polar surface area (TPSA) is 46.5 Å². The van der Waals surface area contributed by atoms with E-state index in [0.717, 1.165) is 17.2 Å². The maximum Gasteiger partial charge on any atom is 0.212 e. The molecule has 6 rings (SSSR count). The van der Waals surface area contributed by atoms with Crippen molar-refractivity contribution in [2.45, 2.75) is 0 Å². The summed E-state index contributed by atoms with van der Waals surface area (Å²) in [4.78, 5) is 12.1. The van der Waals surface area contributed by atoms with Crippen LogP contribution in [-0.2, 0) is 0 Å². The number of aromatic nitrogens is 4. The van der Waals surface area contributed by atoms with Crippen LogP contribution < -0.4 is 0 Å². The Morgan fingerprint density at radius 2 is 1.61 bits per heavy atom. The largest absolute Gasteiger partial charge is 0.323 e. The van der Waals surface area contributed by atoms with Gasteiger partial charge in [0.05, 0.1) is 11.9 Å². The number of rotatable bonds is 2. The molecule has 28 heavy (non-hydrogen) atoms. The van der Waals surface area contributed by atoms with Crippen molar-refractivity contribution in [1.82, 2.24) is 19.5 Å². The smallest absolute Gasteiger partial charge is 0.212 e. The monoisotopic (exact) mass is 360 g/mol. The second-order valence-corrected chi connectivity index (χ2v) is 6.98. The Morgan fingerprint density at radius 1 is 0.786 bits per heavy atom. The van der Waals surface area contributed by atoms with E-state index in [1.54, 1.807) is 12.5 Å². The fourth-order valence-corrected chi connectivity index (χ4v) is 3.99. The van der Waals surface area contributed by atoms with Gasteiger partial charge in [0.25, 0.3) is 0 Å². The average Bonchev–Trinajstić information content (AvgIpc) is 3.43. The van der Waals surface area contributed by atoms with Gasteiger partial charge in [-0.05, 0) is 44.5 Å². The van der Waals surface area contributed by atoms with Crippen molar-refractivity contribution in [2.24, 2.45) is 0 Å². The van der Waals surface area contributed by atoms with E-state index in [1.165, 1.54) is 32.3 Å². The predicted molar refractivity (Wildman–Crippen MR) is 114 cm³/mol. The maximum atomic E-state index is 4.54. The van der Waals surface area contributed by atoms with Gasteiger partial charge in [-0.2, -0.15) is 0 Å². The molecule has 0 bridgehead atoms. The minimum absolute atomic E-state index is 0.759. The maximum absolute atomic E-state index is 4.54. The number of hydrogen-bond donors (Lipinski definition) is 1. The van der Waals surface area contributed by atoms with Crippen LogP contribution in [0, 0.1) is 0 Å². The van der Waals surface area contributed by atoms with Gasteiger partial charge in [0.2, 0.25) is 5.95 Å². The molecule has 4 heteroatoms. The third-order valence-electron chi connectivity index (χ3n) is 5.33. The van der Waals surface area contributed by atoms with Gasteiger partial charge in [-0.1, -0.05) is 54.6 Å². The van der Waals surface area contributed by atoms with Crippen LogP contribution in [0.2, 0.25) is 0 Å². The summed E-state index contributed by atoms with van der Waals surface area (Å²) >= 11 is 0. The molecule has 0 aliphatic carbocycles. The summed E-state index contributed by atoms with van der Waals surface area (Å²) in [6.07, 6.45) is 7.27. The number of fused-ring (bicyclic) bond motifs is 4. The molecule has 0 unspecified atom stereocenters. The third kappa shape index (κ3) is 2.25. The lowest BCUT2D eigenvalue weighted by Crippen LogP contribution is -1.92. The van der Waals surface area contributed by atoms with Crippen molar-refractivity contribution in [3.8, 4) is 17.2 Å². The number of nitrogens with zero attached hydrogens (tertiary/aromatic N) is 3. The van der Waals surface area contributed by atoms with E-state index < -0.39 is 0 Å².